The molecule has 0 unspecified atom stereocenters. The Bertz CT molecular complexity index is 144. The molecule has 2 saturated carbocycles. The quantitative estimate of drug-likeness (QED) is 0.524. The first-order valence-electron chi connectivity index (χ1n) is 5.19. The predicted molar refractivity (Wildman–Crippen MR) is 60.0 cm³/mol. The molecular formula is C10H18S2. The van der Waals surface area contributed by atoms with E-state index in [1.807, 2.05) is 0 Å². The van der Waals surface area contributed by atoms with Gasteiger partial charge in [-0.05, 0) is 25.7 Å². The van der Waals surface area contributed by atoms with Crippen LogP contribution in [-0.2, 0) is 0 Å². The fourth-order valence-corrected chi connectivity index (χ4v) is 4.84. The van der Waals surface area contributed by atoms with E-state index in [4.69, 9.17) is 12.6 Å². The van der Waals surface area contributed by atoms with Gasteiger partial charge in [0.25, 0.3) is 0 Å². The molecule has 0 atom stereocenters. The summed E-state index contributed by atoms with van der Waals surface area (Å²) in [6.07, 6.45) is 11.3. The Kier molecular flexibility index (Phi) is 2.96. The molecule has 2 fully saturated rings. The topological polar surface area (TPSA) is 0 Å². The third kappa shape index (κ3) is 2.14. The van der Waals surface area contributed by atoms with Crippen molar-refractivity contribution in [3.05, 3.63) is 0 Å². The summed E-state index contributed by atoms with van der Waals surface area (Å²) in [5.74, 6) is 0. The minimum atomic E-state index is 0.370. The maximum atomic E-state index is 4.82. The van der Waals surface area contributed by atoms with E-state index in [1.54, 1.807) is 0 Å². The zero-order valence-corrected chi connectivity index (χ0v) is 9.30. The summed E-state index contributed by atoms with van der Waals surface area (Å²) >= 11 is 7.00. The van der Waals surface area contributed by atoms with Gasteiger partial charge in [0.2, 0.25) is 0 Å². The van der Waals surface area contributed by atoms with E-state index >= 15 is 0 Å². The van der Waals surface area contributed by atoms with Crippen LogP contribution in [0, 0.1) is 0 Å². The Balaban J connectivity index is 1.83. The molecule has 0 N–H and O–H groups in total. The molecule has 0 nitrogen and oxygen atoms in total. The minimum Gasteiger partial charge on any atom is -0.162 e. The van der Waals surface area contributed by atoms with Crippen molar-refractivity contribution < 1.29 is 0 Å². The van der Waals surface area contributed by atoms with Gasteiger partial charge in [0.1, 0.15) is 0 Å². The zero-order chi connectivity index (χ0) is 8.44. The van der Waals surface area contributed by atoms with Crippen LogP contribution < -0.4 is 0 Å². The van der Waals surface area contributed by atoms with Crippen LogP contribution in [0.2, 0.25) is 0 Å². The van der Waals surface area contributed by atoms with Crippen molar-refractivity contribution in [3.8, 4) is 0 Å². The van der Waals surface area contributed by atoms with Crippen molar-refractivity contribution in [1.29, 1.82) is 0 Å². The van der Waals surface area contributed by atoms with Gasteiger partial charge in [-0.15, -0.1) is 11.8 Å². The van der Waals surface area contributed by atoms with Crippen LogP contribution in [0.3, 0.4) is 0 Å². The van der Waals surface area contributed by atoms with Crippen LogP contribution >= 0.6 is 24.4 Å². The highest BCUT2D eigenvalue weighted by atomic mass is 32.2. The molecule has 0 saturated heterocycles. The van der Waals surface area contributed by atoms with Crippen molar-refractivity contribution in [1.82, 2.24) is 0 Å². The van der Waals surface area contributed by atoms with Gasteiger partial charge in [0.15, 0.2) is 0 Å². The Morgan fingerprint density at radius 1 is 1.00 bits per heavy atom. The summed E-state index contributed by atoms with van der Waals surface area (Å²) in [4.78, 5) is 0. The molecule has 2 heteroatoms. The maximum absolute atomic E-state index is 4.82. The van der Waals surface area contributed by atoms with E-state index in [1.165, 1.54) is 51.4 Å². The SMILES string of the molecule is SC1(SC2CCCC2)CCCC1. The third-order valence-corrected chi connectivity index (χ3v) is 5.49. The predicted octanol–water partition coefficient (Wildman–Crippen LogP) is 3.86. The van der Waals surface area contributed by atoms with Crippen LogP contribution in [0.4, 0.5) is 0 Å². The standard InChI is InChI=1S/C10H18S2/c11-10(7-3-4-8-10)12-9-5-1-2-6-9/h9,11H,1-8H2. The summed E-state index contributed by atoms with van der Waals surface area (Å²) in [6, 6.07) is 0. The average Bonchev–Trinajstić information content (AvgIpc) is 2.62. The van der Waals surface area contributed by atoms with Crippen molar-refractivity contribution in [2.75, 3.05) is 0 Å². The molecule has 0 aromatic carbocycles. The summed E-state index contributed by atoms with van der Waals surface area (Å²) in [7, 11) is 0. The Morgan fingerprint density at radius 2 is 1.58 bits per heavy atom. The fraction of sp³-hybridized carbons (Fsp3) is 1.00. The van der Waals surface area contributed by atoms with Crippen LogP contribution in [0.1, 0.15) is 51.4 Å². The molecule has 0 bridgehead atoms. The Labute approximate surface area is 85.3 Å². The average molecular weight is 202 g/mol. The first-order chi connectivity index (χ1) is 5.79. The lowest BCUT2D eigenvalue weighted by Crippen LogP contribution is -2.15. The van der Waals surface area contributed by atoms with Gasteiger partial charge in [0.05, 0.1) is 4.08 Å². The zero-order valence-electron chi connectivity index (χ0n) is 7.59. The van der Waals surface area contributed by atoms with Gasteiger partial charge in [-0.2, -0.15) is 12.6 Å². The largest absolute Gasteiger partial charge is 0.162 e. The second-order valence-corrected chi connectivity index (χ2v) is 7.02. The molecule has 12 heavy (non-hydrogen) atoms. The number of rotatable bonds is 2. The van der Waals surface area contributed by atoms with E-state index in [0.717, 1.165) is 5.25 Å². The van der Waals surface area contributed by atoms with Gasteiger partial charge in [-0.3, -0.25) is 0 Å². The lowest BCUT2D eigenvalue weighted by molar-refractivity contribution is 0.820. The highest BCUT2D eigenvalue weighted by Gasteiger charge is 2.33. The number of hydrogen-bond donors (Lipinski definition) is 1. The van der Waals surface area contributed by atoms with Gasteiger partial charge < -0.3 is 0 Å². The summed E-state index contributed by atoms with van der Waals surface area (Å²) < 4.78 is 0.370. The summed E-state index contributed by atoms with van der Waals surface area (Å²) in [6.45, 7) is 0. The monoisotopic (exact) mass is 202 g/mol. The van der Waals surface area contributed by atoms with Gasteiger partial charge in [-0.25, -0.2) is 0 Å². The smallest absolute Gasteiger partial charge is 0.0584 e. The first kappa shape index (κ1) is 9.26. The van der Waals surface area contributed by atoms with E-state index in [9.17, 15) is 0 Å². The second kappa shape index (κ2) is 3.83. The van der Waals surface area contributed by atoms with Crippen LogP contribution in [0.5, 0.6) is 0 Å². The van der Waals surface area contributed by atoms with Crippen molar-refractivity contribution in [3.63, 3.8) is 0 Å². The van der Waals surface area contributed by atoms with Crippen molar-refractivity contribution in [2.24, 2.45) is 0 Å². The molecule has 2 aliphatic rings. The molecule has 70 valence electrons. The van der Waals surface area contributed by atoms with E-state index in [0.29, 0.717) is 4.08 Å². The summed E-state index contributed by atoms with van der Waals surface area (Å²) in [5.41, 5.74) is 0. The number of thioether (sulfide) groups is 1. The molecule has 2 aliphatic carbocycles. The molecule has 0 spiro atoms. The highest BCUT2D eigenvalue weighted by molar-refractivity contribution is 8.12. The molecule has 0 amide bonds. The Hall–Kier alpha value is 0.700. The molecule has 0 heterocycles. The third-order valence-electron chi connectivity index (χ3n) is 3.07. The van der Waals surface area contributed by atoms with E-state index < -0.39 is 0 Å². The molecule has 0 aliphatic heterocycles. The van der Waals surface area contributed by atoms with E-state index in [-0.39, 0.29) is 0 Å². The van der Waals surface area contributed by atoms with Gasteiger partial charge in [0, 0.05) is 5.25 Å². The lowest BCUT2D eigenvalue weighted by atomic mass is 10.3. The normalized spacial score (nSPS) is 29.8. The number of thiol groups is 1. The molecule has 0 radical (unpaired) electrons. The van der Waals surface area contributed by atoms with Crippen LogP contribution in [0.25, 0.3) is 0 Å². The molecule has 0 aromatic rings. The van der Waals surface area contributed by atoms with Crippen molar-refractivity contribution >= 4 is 24.4 Å². The van der Waals surface area contributed by atoms with Crippen LogP contribution in [-0.4, -0.2) is 9.33 Å². The first-order valence-corrected chi connectivity index (χ1v) is 6.51. The van der Waals surface area contributed by atoms with Gasteiger partial charge in [-0.1, -0.05) is 25.7 Å². The Morgan fingerprint density at radius 3 is 2.17 bits per heavy atom. The van der Waals surface area contributed by atoms with E-state index in [2.05, 4.69) is 11.8 Å². The number of hydrogen-bond acceptors (Lipinski definition) is 2. The molecule has 2 rings (SSSR count). The van der Waals surface area contributed by atoms with Crippen molar-refractivity contribution in [2.45, 2.75) is 60.7 Å². The minimum absolute atomic E-state index is 0.370. The summed E-state index contributed by atoms with van der Waals surface area (Å²) in [5, 5.41) is 0.945. The molecular weight excluding hydrogens is 184 g/mol. The van der Waals surface area contributed by atoms with Crippen LogP contribution in [0.15, 0.2) is 0 Å². The maximum Gasteiger partial charge on any atom is 0.0584 e. The lowest BCUT2D eigenvalue weighted by Gasteiger charge is -2.25. The highest BCUT2D eigenvalue weighted by Crippen LogP contribution is 2.49. The molecule has 0 aromatic heterocycles. The second-order valence-electron chi connectivity index (χ2n) is 4.18. The fourth-order valence-electron chi connectivity index (χ4n) is 2.36. The van der Waals surface area contributed by atoms with Gasteiger partial charge >= 0.3 is 0 Å².